The van der Waals surface area contributed by atoms with Crippen molar-refractivity contribution in [2.24, 2.45) is 5.41 Å². The number of thiazole rings is 1. The monoisotopic (exact) mass is 361 g/mol. The number of rotatable bonds is 3. The highest BCUT2D eigenvalue weighted by Gasteiger charge is 2.49. The van der Waals surface area contributed by atoms with Gasteiger partial charge in [-0.15, -0.1) is 11.3 Å². The van der Waals surface area contributed by atoms with Crippen LogP contribution in [0.15, 0.2) is 6.20 Å². The molecule has 0 radical (unpaired) electrons. The number of amides is 1. The Morgan fingerprint density at radius 1 is 1.16 bits per heavy atom. The second-order valence-corrected chi connectivity index (χ2v) is 10.0. The fourth-order valence-corrected chi connectivity index (χ4v) is 5.99. The van der Waals surface area contributed by atoms with Gasteiger partial charge in [-0.1, -0.05) is 26.2 Å². The van der Waals surface area contributed by atoms with Crippen LogP contribution in [-0.2, 0) is 11.3 Å². The lowest BCUT2D eigenvalue weighted by atomic mass is 9.72. The Morgan fingerprint density at radius 3 is 2.60 bits per heavy atom. The average Bonchev–Trinajstić information content (AvgIpc) is 3.04. The molecule has 0 bridgehead atoms. The van der Waals surface area contributed by atoms with Crippen LogP contribution in [0.2, 0.25) is 0 Å². The molecule has 3 fully saturated rings. The molecule has 0 aromatic carbocycles. The molecule has 2 aliphatic heterocycles. The van der Waals surface area contributed by atoms with Crippen molar-refractivity contribution >= 4 is 17.2 Å². The van der Waals surface area contributed by atoms with Crippen molar-refractivity contribution < 1.29 is 4.79 Å². The van der Waals surface area contributed by atoms with Crippen molar-refractivity contribution in [3.63, 3.8) is 0 Å². The van der Waals surface area contributed by atoms with Gasteiger partial charge in [-0.2, -0.15) is 0 Å². The third-order valence-electron chi connectivity index (χ3n) is 6.85. The summed E-state index contributed by atoms with van der Waals surface area (Å²) in [6.07, 6.45) is 11.6. The molecule has 1 aromatic rings. The number of nitrogens with zero attached hydrogens (tertiary/aromatic N) is 3. The molecule has 4 rings (SSSR count). The average molecular weight is 362 g/mol. The highest BCUT2D eigenvalue weighted by Crippen LogP contribution is 2.43. The summed E-state index contributed by atoms with van der Waals surface area (Å²) in [6, 6.07) is 0. The van der Waals surface area contributed by atoms with E-state index < -0.39 is 0 Å². The summed E-state index contributed by atoms with van der Waals surface area (Å²) < 4.78 is 0. The summed E-state index contributed by atoms with van der Waals surface area (Å²) in [6.45, 7) is 8.37. The van der Waals surface area contributed by atoms with Crippen LogP contribution in [0.1, 0.15) is 68.2 Å². The maximum absolute atomic E-state index is 13.3. The zero-order chi connectivity index (χ0) is 17.5. The first-order chi connectivity index (χ1) is 12.0. The van der Waals surface area contributed by atoms with Gasteiger partial charge < -0.3 is 4.90 Å². The molecule has 1 spiro atoms. The van der Waals surface area contributed by atoms with Crippen LogP contribution in [0, 0.1) is 12.3 Å². The Hall–Kier alpha value is -0.940. The Bertz CT molecular complexity index is 637. The highest BCUT2D eigenvalue weighted by molar-refractivity contribution is 7.11. The fraction of sp³-hybridized carbons (Fsp3) is 0.800. The normalized spacial score (nSPS) is 29.6. The van der Waals surface area contributed by atoms with Crippen LogP contribution in [-0.4, -0.2) is 45.9 Å². The largest absolute Gasteiger partial charge is 0.340 e. The molecule has 1 saturated carbocycles. The van der Waals surface area contributed by atoms with Crippen molar-refractivity contribution in [2.45, 2.75) is 77.3 Å². The standard InChI is InChI=1S/C20H31N3OS/c1-16-21-13-17(25-16)14-23-12-10-20(23)9-6-11-22(15-20)18(24)19(2)7-4-3-5-8-19/h13H,3-12,14-15H2,1-2H3/t20-/m0/s1. The van der Waals surface area contributed by atoms with Gasteiger partial charge in [0.25, 0.3) is 0 Å². The SMILES string of the molecule is Cc1ncc(CN2CC[C@]23CCCN(C(=O)C2(C)CCCCC2)C3)s1. The van der Waals surface area contributed by atoms with E-state index >= 15 is 0 Å². The zero-order valence-corrected chi connectivity index (χ0v) is 16.5. The van der Waals surface area contributed by atoms with E-state index in [0.29, 0.717) is 5.91 Å². The molecule has 5 heteroatoms. The van der Waals surface area contributed by atoms with E-state index in [9.17, 15) is 4.79 Å². The Kier molecular flexibility index (Phi) is 4.65. The second-order valence-electron chi connectivity index (χ2n) is 8.69. The minimum atomic E-state index is -0.0971. The molecule has 1 atom stereocenters. The van der Waals surface area contributed by atoms with Crippen molar-refractivity contribution in [2.75, 3.05) is 19.6 Å². The molecule has 4 nitrogen and oxygen atoms in total. The lowest BCUT2D eigenvalue weighted by Gasteiger charge is -2.57. The van der Waals surface area contributed by atoms with E-state index in [1.807, 2.05) is 17.5 Å². The molecule has 3 aliphatic rings. The summed E-state index contributed by atoms with van der Waals surface area (Å²) in [5, 5.41) is 1.15. The number of aromatic nitrogens is 1. The van der Waals surface area contributed by atoms with Crippen LogP contribution >= 0.6 is 11.3 Å². The summed E-state index contributed by atoms with van der Waals surface area (Å²) in [7, 11) is 0. The van der Waals surface area contributed by atoms with Crippen LogP contribution in [0.3, 0.4) is 0 Å². The predicted octanol–water partition coefficient (Wildman–Crippen LogP) is 3.99. The predicted molar refractivity (Wildman–Crippen MR) is 102 cm³/mol. The number of carbonyl (C=O) groups is 1. The molecule has 25 heavy (non-hydrogen) atoms. The van der Waals surface area contributed by atoms with E-state index in [-0.39, 0.29) is 11.0 Å². The van der Waals surface area contributed by atoms with Crippen molar-refractivity contribution in [1.29, 1.82) is 0 Å². The molecule has 138 valence electrons. The Labute approximate surface area is 155 Å². The van der Waals surface area contributed by atoms with Crippen LogP contribution < -0.4 is 0 Å². The molecule has 1 amide bonds. The number of hydrogen-bond acceptors (Lipinski definition) is 4. The maximum atomic E-state index is 13.3. The van der Waals surface area contributed by atoms with Gasteiger partial charge >= 0.3 is 0 Å². The number of aryl methyl sites for hydroxylation is 1. The number of carbonyl (C=O) groups excluding carboxylic acids is 1. The summed E-state index contributed by atoms with van der Waals surface area (Å²) in [5.41, 5.74) is 0.136. The first kappa shape index (κ1) is 17.5. The van der Waals surface area contributed by atoms with Gasteiger partial charge in [-0.05, 0) is 39.0 Å². The fourth-order valence-electron chi connectivity index (χ4n) is 5.18. The highest BCUT2D eigenvalue weighted by atomic mass is 32.1. The molecule has 2 saturated heterocycles. The summed E-state index contributed by atoms with van der Waals surface area (Å²) in [4.78, 5) is 23.9. The molecule has 1 aromatic heterocycles. The first-order valence-corrected chi connectivity index (χ1v) is 10.8. The minimum Gasteiger partial charge on any atom is -0.340 e. The topological polar surface area (TPSA) is 36.4 Å². The van der Waals surface area contributed by atoms with Crippen molar-refractivity contribution in [3.05, 3.63) is 16.1 Å². The third-order valence-corrected chi connectivity index (χ3v) is 7.75. The van der Waals surface area contributed by atoms with Crippen LogP contribution in [0.5, 0.6) is 0 Å². The Balaban J connectivity index is 1.44. The van der Waals surface area contributed by atoms with Crippen molar-refractivity contribution in [3.8, 4) is 0 Å². The summed E-state index contributed by atoms with van der Waals surface area (Å²) in [5.74, 6) is 0.437. The lowest BCUT2D eigenvalue weighted by molar-refractivity contribution is -0.152. The quantitative estimate of drug-likeness (QED) is 0.817. The van der Waals surface area contributed by atoms with Gasteiger partial charge in [0, 0.05) is 48.2 Å². The molecule has 3 heterocycles. The van der Waals surface area contributed by atoms with E-state index in [0.717, 1.165) is 50.4 Å². The van der Waals surface area contributed by atoms with Gasteiger partial charge in [0.2, 0.25) is 5.91 Å². The van der Waals surface area contributed by atoms with Gasteiger partial charge in [0.1, 0.15) is 0 Å². The van der Waals surface area contributed by atoms with Crippen LogP contribution in [0.25, 0.3) is 0 Å². The first-order valence-electron chi connectivity index (χ1n) is 9.97. The number of piperidine rings is 1. The molecule has 0 N–H and O–H groups in total. The zero-order valence-electron chi connectivity index (χ0n) is 15.7. The molecular formula is C20H31N3OS. The van der Waals surface area contributed by atoms with E-state index in [4.69, 9.17) is 0 Å². The van der Waals surface area contributed by atoms with Gasteiger partial charge in [0.15, 0.2) is 0 Å². The van der Waals surface area contributed by atoms with Gasteiger partial charge in [0.05, 0.1) is 5.01 Å². The van der Waals surface area contributed by atoms with E-state index in [2.05, 4.69) is 28.6 Å². The molecular weight excluding hydrogens is 330 g/mol. The van der Waals surface area contributed by atoms with Gasteiger partial charge in [-0.25, -0.2) is 4.98 Å². The molecule has 0 unspecified atom stereocenters. The second kappa shape index (κ2) is 6.66. The number of likely N-dealkylation sites (tertiary alicyclic amines) is 2. The summed E-state index contributed by atoms with van der Waals surface area (Å²) >= 11 is 1.81. The lowest BCUT2D eigenvalue weighted by Crippen LogP contribution is -2.67. The Morgan fingerprint density at radius 2 is 1.96 bits per heavy atom. The van der Waals surface area contributed by atoms with Crippen LogP contribution in [0.4, 0.5) is 0 Å². The third kappa shape index (κ3) is 3.25. The van der Waals surface area contributed by atoms with E-state index in [1.54, 1.807) is 0 Å². The molecule has 1 aliphatic carbocycles. The van der Waals surface area contributed by atoms with Crippen molar-refractivity contribution in [1.82, 2.24) is 14.8 Å². The van der Waals surface area contributed by atoms with E-state index in [1.165, 1.54) is 37.0 Å². The number of hydrogen-bond donors (Lipinski definition) is 0. The smallest absolute Gasteiger partial charge is 0.228 e. The minimum absolute atomic E-state index is 0.0971. The maximum Gasteiger partial charge on any atom is 0.228 e. The van der Waals surface area contributed by atoms with Gasteiger partial charge in [-0.3, -0.25) is 9.69 Å².